The van der Waals surface area contributed by atoms with Crippen molar-refractivity contribution in [2.45, 2.75) is 45.1 Å². The fourth-order valence-corrected chi connectivity index (χ4v) is 2.24. The van der Waals surface area contributed by atoms with Crippen molar-refractivity contribution >= 4 is 11.3 Å². The van der Waals surface area contributed by atoms with Gasteiger partial charge in [0.15, 0.2) is 0 Å². The molecule has 1 aromatic rings. The molecule has 1 rings (SSSR count). The van der Waals surface area contributed by atoms with Gasteiger partial charge in [0.05, 0.1) is 16.7 Å². The molecule has 3 nitrogen and oxygen atoms in total. The number of nitrogens with zero attached hydrogens (tertiary/aromatic N) is 1. The van der Waals surface area contributed by atoms with Crippen LogP contribution in [0.3, 0.4) is 0 Å². The largest absolute Gasteiger partial charge is 0.271 e. The van der Waals surface area contributed by atoms with Crippen LogP contribution in [-0.2, 0) is 11.8 Å². The van der Waals surface area contributed by atoms with Gasteiger partial charge in [-0.2, -0.15) is 0 Å². The molecule has 0 saturated heterocycles. The third kappa shape index (κ3) is 3.47. The van der Waals surface area contributed by atoms with E-state index in [9.17, 15) is 8.78 Å². The summed E-state index contributed by atoms with van der Waals surface area (Å²) >= 11 is 1.40. The minimum atomic E-state index is -2.48. The Morgan fingerprint density at radius 2 is 2.12 bits per heavy atom. The summed E-state index contributed by atoms with van der Waals surface area (Å²) in [5.74, 6) is 5.06. The molecule has 16 heavy (non-hydrogen) atoms. The quantitative estimate of drug-likeness (QED) is 0.634. The van der Waals surface area contributed by atoms with Crippen LogP contribution in [0, 0.1) is 0 Å². The molecule has 1 heterocycles. The molecule has 0 amide bonds. The summed E-state index contributed by atoms with van der Waals surface area (Å²) in [7, 11) is 0. The SMILES string of the molecule is CC(C)(C)c1csc(CC(NN)C(F)F)n1. The van der Waals surface area contributed by atoms with Crippen LogP contribution in [0.4, 0.5) is 8.78 Å². The normalized spacial score (nSPS) is 14.4. The van der Waals surface area contributed by atoms with E-state index >= 15 is 0 Å². The van der Waals surface area contributed by atoms with Crippen molar-refractivity contribution in [1.82, 2.24) is 10.4 Å². The number of rotatable bonds is 4. The van der Waals surface area contributed by atoms with Crippen molar-refractivity contribution in [3.63, 3.8) is 0 Å². The van der Waals surface area contributed by atoms with Gasteiger partial charge in [-0.05, 0) is 0 Å². The average Bonchev–Trinajstić information content (AvgIpc) is 2.61. The second kappa shape index (κ2) is 5.16. The standard InChI is InChI=1S/C10H17F2N3S/c1-10(2,3)7-5-16-8(14-7)4-6(15-13)9(11)12/h5-6,9,15H,4,13H2,1-3H3. The maximum absolute atomic E-state index is 12.5. The van der Waals surface area contributed by atoms with E-state index in [0.29, 0.717) is 5.01 Å². The molecular weight excluding hydrogens is 232 g/mol. The van der Waals surface area contributed by atoms with Gasteiger partial charge in [-0.25, -0.2) is 13.8 Å². The van der Waals surface area contributed by atoms with Gasteiger partial charge in [0.2, 0.25) is 0 Å². The predicted molar refractivity (Wildman–Crippen MR) is 61.6 cm³/mol. The Labute approximate surface area is 98.0 Å². The van der Waals surface area contributed by atoms with Crippen molar-refractivity contribution in [3.05, 3.63) is 16.1 Å². The first-order valence-corrected chi connectivity index (χ1v) is 5.91. The van der Waals surface area contributed by atoms with E-state index in [2.05, 4.69) is 10.4 Å². The summed E-state index contributed by atoms with van der Waals surface area (Å²) in [4.78, 5) is 4.34. The van der Waals surface area contributed by atoms with E-state index in [0.717, 1.165) is 5.69 Å². The van der Waals surface area contributed by atoms with Crippen LogP contribution in [-0.4, -0.2) is 17.5 Å². The van der Waals surface area contributed by atoms with Gasteiger partial charge < -0.3 is 0 Å². The zero-order valence-electron chi connectivity index (χ0n) is 9.63. The number of hydrazine groups is 1. The van der Waals surface area contributed by atoms with Crippen LogP contribution in [0.2, 0.25) is 0 Å². The highest BCUT2D eigenvalue weighted by molar-refractivity contribution is 7.09. The summed E-state index contributed by atoms with van der Waals surface area (Å²) in [5, 5.41) is 2.60. The fourth-order valence-electron chi connectivity index (χ4n) is 1.16. The Morgan fingerprint density at radius 3 is 2.50 bits per heavy atom. The predicted octanol–water partition coefficient (Wildman–Crippen LogP) is 2.08. The number of hydrogen-bond acceptors (Lipinski definition) is 4. The summed E-state index contributed by atoms with van der Waals surface area (Å²) < 4.78 is 24.9. The lowest BCUT2D eigenvalue weighted by molar-refractivity contribution is 0.0984. The highest BCUT2D eigenvalue weighted by Crippen LogP contribution is 2.24. The van der Waals surface area contributed by atoms with Crippen molar-refractivity contribution in [2.75, 3.05) is 0 Å². The fraction of sp³-hybridized carbons (Fsp3) is 0.700. The third-order valence-corrected chi connectivity index (χ3v) is 3.10. The molecule has 1 atom stereocenters. The van der Waals surface area contributed by atoms with Gasteiger partial charge in [0.25, 0.3) is 6.43 Å². The monoisotopic (exact) mass is 249 g/mol. The van der Waals surface area contributed by atoms with Crippen molar-refractivity contribution in [2.24, 2.45) is 5.84 Å². The molecule has 0 aliphatic carbocycles. The molecule has 3 N–H and O–H groups in total. The Bertz CT molecular complexity index is 333. The first kappa shape index (κ1) is 13.5. The topological polar surface area (TPSA) is 50.9 Å². The van der Waals surface area contributed by atoms with E-state index < -0.39 is 12.5 Å². The Morgan fingerprint density at radius 1 is 1.50 bits per heavy atom. The van der Waals surface area contributed by atoms with Crippen LogP contribution >= 0.6 is 11.3 Å². The second-order valence-electron chi connectivity index (χ2n) is 4.69. The maximum Gasteiger partial charge on any atom is 0.255 e. The van der Waals surface area contributed by atoms with E-state index in [1.807, 2.05) is 26.2 Å². The van der Waals surface area contributed by atoms with Gasteiger partial charge in [-0.3, -0.25) is 11.3 Å². The molecule has 6 heteroatoms. The lowest BCUT2D eigenvalue weighted by Gasteiger charge is -2.15. The van der Waals surface area contributed by atoms with Gasteiger partial charge in [0, 0.05) is 17.2 Å². The van der Waals surface area contributed by atoms with Crippen LogP contribution in [0.1, 0.15) is 31.5 Å². The number of nitrogens with two attached hydrogens (primary N) is 1. The lowest BCUT2D eigenvalue weighted by atomic mass is 9.93. The number of thiazole rings is 1. The third-order valence-electron chi connectivity index (χ3n) is 2.23. The first-order chi connectivity index (χ1) is 7.34. The summed E-state index contributed by atoms with van der Waals surface area (Å²) in [6.07, 6.45) is -2.32. The molecule has 0 spiro atoms. The Hall–Kier alpha value is -0.590. The first-order valence-electron chi connectivity index (χ1n) is 5.03. The maximum atomic E-state index is 12.5. The smallest absolute Gasteiger partial charge is 0.255 e. The van der Waals surface area contributed by atoms with Crippen LogP contribution in [0.5, 0.6) is 0 Å². The van der Waals surface area contributed by atoms with E-state index in [1.54, 1.807) is 0 Å². The highest BCUT2D eigenvalue weighted by Gasteiger charge is 2.22. The number of aromatic nitrogens is 1. The lowest BCUT2D eigenvalue weighted by Crippen LogP contribution is -2.42. The van der Waals surface area contributed by atoms with E-state index in [-0.39, 0.29) is 11.8 Å². The zero-order valence-corrected chi connectivity index (χ0v) is 10.4. The van der Waals surface area contributed by atoms with Crippen LogP contribution in [0.15, 0.2) is 5.38 Å². The Balaban J connectivity index is 2.72. The molecule has 0 aromatic carbocycles. The molecule has 92 valence electrons. The summed E-state index contributed by atoms with van der Waals surface area (Å²) in [6, 6.07) is -1.03. The molecule has 0 saturated carbocycles. The minimum absolute atomic E-state index is 0.0504. The van der Waals surface area contributed by atoms with Crippen LogP contribution in [0.25, 0.3) is 0 Å². The van der Waals surface area contributed by atoms with E-state index in [1.165, 1.54) is 11.3 Å². The van der Waals surface area contributed by atoms with Gasteiger partial charge in [0.1, 0.15) is 0 Å². The molecule has 1 aromatic heterocycles. The second-order valence-corrected chi connectivity index (χ2v) is 5.63. The number of nitrogens with one attached hydrogen (secondary N) is 1. The van der Waals surface area contributed by atoms with E-state index in [4.69, 9.17) is 5.84 Å². The summed E-state index contributed by atoms with van der Waals surface area (Å²) in [5.41, 5.74) is 2.99. The van der Waals surface area contributed by atoms with Gasteiger partial charge in [-0.1, -0.05) is 20.8 Å². The average molecular weight is 249 g/mol. The molecule has 1 unspecified atom stereocenters. The van der Waals surface area contributed by atoms with Crippen LogP contribution < -0.4 is 11.3 Å². The Kier molecular flexibility index (Phi) is 4.35. The highest BCUT2D eigenvalue weighted by atomic mass is 32.1. The molecular formula is C10H17F2N3S. The number of halogens is 2. The molecule has 0 fully saturated rings. The molecule has 0 aliphatic rings. The number of hydrogen-bond donors (Lipinski definition) is 2. The van der Waals surface area contributed by atoms with Crippen molar-refractivity contribution in [1.29, 1.82) is 0 Å². The van der Waals surface area contributed by atoms with Crippen molar-refractivity contribution < 1.29 is 8.78 Å². The molecule has 0 bridgehead atoms. The molecule has 0 radical (unpaired) electrons. The molecule has 0 aliphatic heterocycles. The van der Waals surface area contributed by atoms with Gasteiger partial charge in [-0.15, -0.1) is 11.3 Å². The minimum Gasteiger partial charge on any atom is -0.271 e. The van der Waals surface area contributed by atoms with Crippen molar-refractivity contribution in [3.8, 4) is 0 Å². The zero-order chi connectivity index (χ0) is 12.3. The van der Waals surface area contributed by atoms with Gasteiger partial charge >= 0.3 is 0 Å². The summed E-state index contributed by atoms with van der Waals surface area (Å²) in [6.45, 7) is 6.12. The number of alkyl halides is 2.